The van der Waals surface area contributed by atoms with E-state index < -0.39 is 0 Å². The minimum absolute atomic E-state index is 0.0533. The van der Waals surface area contributed by atoms with Crippen molar-refractivity contribution in [1.29, 1.82) is 0 Å². The highest BCUT2D eigenvalue weighted by Crippen LogP contribution is 2.23. The van der Waals surface area contributed by atoms with Crippen molar-refractivity contribution in [3.05, 3.63) is 24.3 Å². The van der Waals surface area contributed by atoms with Gasteiger partial charge >= 0.3 is 0 Å². The predicted molar refractivity (Wildman–Crippen MR) is 75.1 cm³/mol. The number of carbonyl (C=O) groups is 1. The summed E-state index contributed by atoms with van der Waals surface area (Å²) in [6.07, 6.45) is 0.266. The predicted octanol–water partition coefficient (Wildman–Crippen LogP) is 1.18. The first kappa shape index (κ1) is 15.8. The van der Waals surface area contributed by atoms with Crippen molar-refractivity contribution in [3.8, 4) is 5.75 Å². The highest BCUT2D eigenvalue weighted by molar-refractivity contribution is 5.92. The average molecular weight is 281 g/mol. The summed E-state index contributed by atoms with van der Waals surface area (Å²) >= 11 is 0. The molecule has 4 N–H and O–H groups in total. The van der Waals surface area contributed by atoms with Crippen LogP contribution < -0.4 is 15.8 Å². The number of nitrogens with zero attached hydrogens (tertiary/aromatic N) is 1. The molecule has 0 aliphatic carbocycles. The molecule has 0 heterocycles. The molecule has 0 bridgehead atoms. The van der Waals surface area contributed by atoms with Gasteiger partial charge in [0, 0.05) is 6.61 Å². The van der Waals surface area contributed by atoms with E-state index in [4.69, 9.17) is 20.4 Å². The molecule has 0 saturated heterocycles. The molecule has 0 atom stereocenters. The summed E-state index contributed by atoms with van der Waals surface area (Å²) in [5, 5.41) is 14.0. The number of amidine groups is 1. The fourth-order valence-corrected chi connectivity index (χ4v) is 1.40. The Balaban J connectivity index is 2.58. The quantitative estimate of drug-likeness (QED) is 0.218. The first-order chi connectivity index (χ1) is 9.67. The van der Waals surface area contributed by atoms with Gasteiger partial charge in [-0.1, -0.05) is 17.3 Å². The van der Waals surface area contributed by atoms with Crippen LogP contribution in [0.2, 0.25) is 0 Å². The SMILES string of the molecule is CCOCCC(=O)Nc1ccccc1OCC(N)=NO. The lowest BCUT2D eigenvalue weighted by Gasteiger charge is -2.11. The summed E-state index contributed by atoms with van der Waals surface area (Å²) in [7, 11) is 0. The van der Waals surface area contributed by atoms with Crippen LogP contribution in [-0.2, 0) is 9.53 Å². The van der Waals surface area contributed by atoms with Gasteiger partial charge < -0.3 is 25.7 Å². The smallest absolute Gasteiger partial charge is 0.226 e. The summed E-state index contributed by atoms with van der Waals surface area (Å²) in [5.41, 5.74) is 5.85. The summed E-state index contributed by atoms with van der Waals surface area (Å²) in [6.45, 7) is 2.75. The first-order valence-electron chi connectivity index (χ1n) is 6.23. The van der Waals surface area contributed by atoms with Gasteiger partial charge in [0.1, 0.15) is 12.4 Å². The topological polar surface area (TPSA) is 106 Å². The van der Waals surface area contributed by atoms with E-state index in [1.165, 1.54) is 0 Å². The third-order valence-corrected chi connectivity index (χ3v) is 2.34. The van der Waals surface area contributed by atoms with E-state index in [-0.39, 0.29) is 24.8 Å². The van der Waals surface area contributed by atoms with Gasteiger partial charge in [0.25, 0.3) is 0 Å². The van der Waals surface area contributed by atoms with Crippen molar-refractivity contribution in [2.75, 3.05) is 25.1 Å². The number of carbonyl (C=O) groups excluding carboxylic acids is 1. The molecule has 1 rings (SSSR count). The molecule has 0 unspecified atom stereocenters. The Labute approximate surface area is 117 Å². The van der Waals surface area contributed by atoms with E-state index in [0.717, 1.165) is 0 Å². The Morgan fingerprint density at radius 3 is 2.90 bits per heavy atom. The molecule has 0 saturated carbocycles. The number of amides is 1. The fourth-order valence-electron chi connectivity index (χ4n) is 1.40. The third kappa shape index (κ3) is 5.57. The molecular weight excluding hydrogens is 262 g/mol. The van der Waals surface area contributed by atoms with Crippen LogP contribution in [0.25, 0.3) is 0 Å². The first-order valence-corrected chi connectivity index (χ1v) is 6.23. The molecule has 110 valence electrons. The Hall–Kier alpha value is -2.28. The van der Waals surface area contributed by atoms with Crippen LogP contribution in [0.15, 0.2) is 29.4 Å². The van der Waals surface area contributed by atoms with E-state index in [2.05, 4.69) is 10.5 Å². The van der Waals surface area contributed by atoms with E-state index in [1.54, 1.807) is 24.3 Å². The molecule has 1 aromatic carbocycles. The zero-order valence-electron chi connectivity index (χ0n) is 11.3. The fraction of sp³-hybridized carbons (Fsp3) is 0.385. The number of benzene rings is 1. The van der Waals surface area contributed by atoms with Crippen LogP contribution in [-0.4, -0.2) is 36.8 Å². The molecule has 20 heavy (non-hydrogen) atoms. The maximum Gasteiger partial charge on any atom is 0.226 e. The van der Waals surface area contributed by atoms with Gasteiger partial charge in [-0.15, -0.1) is 0 Å². The molecule has 1 aromatic rings. The number of para-hydroxylation sites is 2. The molecule has 0 spiro atoms. The number of nitrogens with two attached hydrogens (primary N) is 1. The molecular formula is C13H19N3O4. The molecule has 1 amide bonds. The van der Waals surface area contributed by atoms with E-state index in [1.807, 2.05) is 6.92 Å². The number of rotatable bonds is 8. The van der Waals surface area contributed by atoms with Gasteiger partial charge in [0.15, 0.2) is 5.84 Å². The van der Waals surface area contributed by atoms with E-state index in [9.17, 15) is 4.79 Å². The maximum absolute atomic E-state index is 11.7. The lowest BCUT2D eigenvalue weighted by Crippen LogP contribution is -2.21. The van der Waals surface area contributed by atoms with Gasteiger partial charge in [-0.25, -0.2) is 0 Å². The number of anilines is 1. The number of hydrogen-bond donors (Lipinski definition) is 3. The molecule has 0 aromatic heterocycles. The number of ether oxygens (including phenoxy) is 2. The summed E-state index contributed by atoms with van der Waals surface area (Å²) in [6, 6.07) is 6.93. The number of nitrogens with one attached hydrogen (secondary N) is 1. The Kier molecular flexibility index (Phi) is 6.91. The second kappa shape index (κ2) is 8.76. The number of oxime groups is 1. The summed E-state index contributed by atoms with van der Waals surface area (Å²) < 4.78 is 10.5. The van der Waals surface area contributed by atoms with Crippen molar-refractivity contribution in [3.63, 3.8) is 0 Å². The summed E-state index contributed by atoms with van der Waals surface area (Å²) in [4.78, 5) is 11.7. The standard InChI is InChI=1S/C13H19N3O4/c1-2-19-8-7-13(17)15-10-5-3-4-6-11(10)20-9-12(14)16-18/h3-6,18H,2,7-9H2,1H3,(H2,14,16)(H,15,17). The van der Waals surface area contributed by atoms with Crippen molar-refractivity contribution in [2.24, 2.45) is 10.9 Å². The second-order valence-corrected chi connectivity index (χ2v) is 3.87. The lowest BCUT2D eigenvalue weighted by molar-refractivity contribution is -0.117. The Morgan fingerprint density at radius 1 is 1.45 bits per heavy atom. The number of hydrogen-bond acceptors (Lipinski definition) is 5. The van der Waals surface area contributed by atoms with Gasteiger partial charge in [-0.2, -0.15) is 0 Å². The van der Waals surface area contributed by atoms with Gasteiger partial charge in [-0.05, 0) is 19.1 Å². The lowest BCUT2D eigenvalue weighted by atomic mass is 10.3. The van der Waals surface area contributed by atoms with Gasteiger partial charge in [0.2, 0.25) is 5.91 Å². The Morgan fingerprint density at radius 2 is 2.20 bits per heavy atom. The van der Waals surface area contributed by atoms with Gasteiger partial charge in [0.05, 0.1) is 18.7 Å². The van der Waals surface area contributed by atoms with Crippen molar-refractivity contribution in [2.45, 2.75) is 13.3 Å². The molecule has 0 aliphatic rings. The highest BCUT2D eigenvalue weighted by atomic mass is 16.5. The zero-order chi connectivity index (χ0) is 14.8. The van der Waals surface area contributed by atoms with Crippen LogP contribution in [0.5, 0.6) is 5.75 Å². The van der Waals surface area contributed by atoms with Crippen LogP contribution in [0.1, 0.15) is 13.3 Å². The van der Waals surface area contributed by atoms with Crippen LogP contribution in [0, 0.1) is 0 Å². The molecule has 0 radical (unpaired) electrons. The highest BCUT2D eigenvalue weighted by Gasteiger charge is 2.08. The summed E-state index contributed by atoms with van der Waals surface area (Å²) in [5.74, 6) is 0.227. The van der Waals surface area contributed by atoms with E-state index in [0.29, 0.717) is 24.7 Å². The largest absolute Gasteiger partial charge is 0.483 e. The molecule has 7 heteroatoms. The monoisotopic (exact) mass is 281 g/mol. The van der Waals surface area contributed by atoms with Crippen LogP contribution >= 0.6 is 0 Å². The van der Waals surface area contributed by atoms with E-state index >= 15 is 0 Å². The van der Waals surface area contributed by atoms with Crippen LogP contribution in [0.3, 0.4) is 0 Å². The van der Waals surface area contributed by atoms with Crippen molar-refractivity contribution < 1.29 is 19.5 Å². The average Bonchev–Trinajstić information content (AvgIpc) is 2.46. The second-order valence-electron chi connectivity index (χ2n) is 3.87. The normalized spacial score (nSPS) is 11.2. The van der Waals surface area contributed by atoms with Gasteiger partial charge in [-0.3, -0.25) is 4.79 Å². The van der Waals surface area contributed by atoms with Crippen LogP contribution in [0.4, 0.5) is 5.69 Å². The minimum atomic E-state index is -0.168. The molecule has 0 aliphatic heterocycles. The zero-order valence-corrected chi connectivity index (χ0v) is 11.3. The molecule has 0 fully saturated rings. The third-order valence-electron chi connectivity index (χ3n) is 2.34. The minimum Gasteiger partial charge on any atom is -0.483 e. The van der Waals surface area contributed by atoms with Crippen molar-refractivity contribution >= 4 is 17.4 Å². The Bertz CT molecular complexity index is 463. The van der Waals surface area contributed by atoms with Crippen molar-refractivity contribution in [1.82, 2.24) is 0 Å². The maximum atomic E-state index is 11.7. The molecule has 7 nitrogen and oxygen atoms in total.